The number of fused-ring (bicyclic) bond motifs is 1. The van der Waals surface area contributed by atoms with Crippen molar-refractivity contribution in [3.8, 4) is 17.2 Å². The summed E-state index contributed by atoms with van der Waals surface area (Å²) in [4.78, 5) is 35.7. The van der Waals surface area contributed by atoms with Crippen LogP contribution in [-0.2, 0) is 11.2 Å². The summed E-state index contributed by atoms with van der Waals surface area (Å²) >= 11 is 0. The number of carbonyl (C=O) groups excluding carboxylic acids is 1. The average molecular weight is 515 g/mol. The standard InChI is InChI=1S/C29H34N6O3/c1-7-27(36)33-38-25-10-8-9-23-28(25)29(32-26(31-23)15-16-34(4)5)35(6)21-12-14-24(19(2)17-21)37-22-13-11-20(3)30-18-22/h8-14,17-18H,7,15-16H2,1-6H3,(H,33,36). The van der Waals surface area contributed by atoms with E-state index in [0.29, 0.717) is 35.5 Å². The second kappa shape index (κ2) is 11.9. The van der Waals surface area contributed by atoms with Gasteiger partial charge in [0, 0.05) is 37.8 Å². The second-order valence-corrected chi connectivity index (χ2v) is 9.39. The molecule has 0 bridgehead atoms. The van der Waals surface area contributed by atoms with Gasteiger partial charge in [-0.25, -0.2) is 9.97 Å². The van der Waals surface area contributed by atoms with Gasteiger partial charge in [-0.2, -0.15) is 5.48 Å². The highest BCUT2D eigenvalue weighted by atomic mass is 16.7. The number of ether oxygens (including phenoxy) is 1. The fourth-order valence-electron chi connectivity index (χ4n) is 3.85. The zero-order chi connectivity index (χ0) is 27.2. The van der Waals surface area contributed by atoms with Gasteiger partial charge in [0.15, 0.2) is 5.75 Å². The second-order valence-electron chi connectivity index (χ2n) is 9.39. The van der Waals surface area contributed by atoms with E-state index in [1.807, 2.05) is 82.4 Å². The molecule has 1 N–H and O–H groups in total. The van der Waals surface area contributed by atoms with Crippen LogP contribution >= 0.6 is 0 Å². The van der Waals surface area contributed by atoms with E-state index < -0.39 is 0 Å². The summed E-state index contributed by atoms with van der Waals surface area (Å²) < 4.78 is 6.06. The predicted molar refractivity (Wildman–Crippen MR) is 149 cm³/mol. The molecule has 2 aromatic carbocycles. The molecule has 9 nitrogen and oxygen atoms in total. The van der Waals surface area contributed by atoms with Gasteiger partial charge < -0.3 is 19.4 Å². The molecule has 0 radical (unpaired) electrons. The van der Waals surface area contributed by atoms with E-state index in [1.165, 1.54) is 0 Å². The molecule has 0 aliphatic carbocycles. The third kappa shape index (κ3) is 6.36. The molecule has 2 aromatic heterocycles. The number of nitrogens with one attached hydrogen (secondary N) is 1. The van der Waals surface area contributed by atoms with E-state index in [2.05, 4.69) is 15.4 Å². The Labute approximate surface area is 223 Å². The normalized spacial score (nSPS) is 11.0. The molecule has 38 heavy (non-hydrogen) atoms. The number of carbonyl (C=O) groups is 1. The lowest BCUT2D eigenvalue weighted by Crippen LogP contribution is -2.26. The van der Waals surface area contributed by atoms with Crippen molar-refractivity contribution < 1.29 is 14.4 Å². The molecule has 1 amide bonds. The predicted octanol–water partition coefficient (Wildman–Crippen LogP) is 5.13. The van der Waals surface area contributed by atoms with Gasteiger partial charge in [0.2, 0.25) is 0 Å². The van der Waals surface area contributed by atoms with E-state index in [9.17, 15) is 4.79 Å². The molecule has 198 valence electrons. The van der Waals surface area contributed by atoms with Crippen LogP contribution in [0.1, 0.15) is 30.4 Å². The number of aryl methyl sites for hydroxylation is 2. The molecule has 0 atom stereocenters. The van der Waals surface area contributed by atoms with Gasteiger partial charge in [0.25, 0.3) is 5.91 Å². The van der Waals surface area contributed by atoms with Crippen molar-refractivity contribution in [2.75, 3.05) is 32.6 Å². The summed E-state index contributed by atoms with van der Waals surface area (Å²) in [5.74, 6) is 3.11. The van der Waals surface area contributed by atoms with Crippen LogP contribution in [0.15, 0.2) is 54.7 Å². The van der Waals surface area contributed by atoms with Gasteiger partial charge in [0.1, 0.15) is 23.1 Å². The van der Waals surface area contributed by atoms with Gasteiger partial charge in [0.05, 0.1) is 17.1 Å². The number of hydroxylamine groups is 1. The Bertz CT molecular complexity index is 1420. The minimum Gasteiger partial charge on any atom is -0.455 e. The number of amides is 1. The fourth-order valence-corrected chi connectivity index (χ4v) is 3.85. The first kappa shape index (κ1) is 26.8. The zero-order valence-electron chi connectivity index (χ0n) is 22.8. The lowest BCUT2D eigenvalue weighted by molar-refractivity contribution is -0.127. The van der Waals surface area contributed by atoms with Gasteiger partial charge in [-0.1, -0.05) is 13.0 Å². The number of likely N-dealkylation sites (N-methyl/N-ethyl adjacent to an activating group) is 1. The SMILES string of the molecule is CCC(=O)NOc1cccc2nc(CCN(C)C)nc(N(C)c3ccc(Oc4ccc(C)nc4)c(C)c3)c12. The minimum absolute atomic E-state index is 0.213. The van der Waals surface area contributed by atoms with Crippen molar-refractivity contribution in [1.82, 2.24) is 25.3 Å². The highest BCUT2D eigenvalue weighted by molar-refractivity contribution is 5.96. The third-order valence-electron chi connectivity index (χ3n) is 6.07. The molecule has 0 saturated carbocycles. The van der Waals surface area contributed by atoms with E-state index in [1.54, 1.807) is 19.2 Å². The summed E-state index contributed by atoms with van der Waals surface area (Å²) in [6.45, 7) is 6.53. The molecular formula is C29H34N6O3. The Balaban J connectivity index is 1.72. The Morgan fingerprint density at radius 3 is 2.50 bits per heavy atom. The first-order valence-corrected chi connectivity index (χ1v) is 12.6. The maximum Gasteiger partial charge on any atom is 0.252 e. The topological polar surface area (TPSA) is 92.7 Å². The molecule has 9 heteroatoms. The molecule has 0 aliphatic rings. The van der Waals surface area contributed by atoms with Crippen LogP contribution in [0, 0.1) is 13.8 Å². The smallest absolute Gasteiger partial charge is 0.252 e. The van der Waals surface area contributed by atoms with Crippen LogP contribution in [0.25, 0.3) is 10.9 Å². The Kier molecular flexibility index (Phi) is 8.38. The molecule has 0 unspecified atom stereocenters. The van der Waals surface area contributed by atoms with Crippen LogP contribution in [0.2, 0.25) is 0 Å². The molecule has 0 saturated heterocycles. The number of benzene rings is 2. The van der Waals surface area contributed by atoms with Gasteiger partial charge in [-0.05, 0) is 76.0 Å². The monoisotopic (exact) mass is 514 g/mol. The summed E-state index contributed by atoms with van der Waals surface area (Å²) in [6, 6.07) is 15.4. The van der Waals surface area contributed by atoms with E-state index in [0.717, 1.165) is 40.6 Å². The molecule has 2 heterocycles. The zero-order valence-corrected chi connectivity index (χ0v) is 22.8. The summed E-state index contributed by atoms with van der Waals surface area (Å²) in [5, 5.41) is 0.712. The number of rotatable bonds is 10. The lowest BCUT2D eigenvalue weighted by atomic mass is 10.1. The van der Waals surface area contributed by atoms with Crippen molar-refractivity contribution in [3.05, 3.63) is 71.8 Å². The maximum absolute atomic E-state index is 11.9. The Hall–Kier alpha value is -4.24. The number of hydrogen-bond acceptors (Lipinski definition) is 8. The lowest BCUT2D eigenvalue weighted by Gasteiger charge is -2.23. The van der Waals surface area contributed by atoms with Crippen molar-refractivity contribution in [2.45, 2.75) is 33.6 Å². The first-order valence-electron chi connectivity index (χ1n) is 12.6. The van der Waals surface area contributed by atoms with E-state index >= 15 is 0 Å². The molecule has 4 rings (SSSR count). The number of nitrogens with zero attached hydrogens (tertiary/aromatic N) is 5. The molecular weight excluding hydrogens is 480 g/mol. The van der Waals surface area contributed by atoms with Crippen LogP contribution in [0.3, 0.4) is 0 Å². The summed E-state index contributed by atoms with van der Waals surface area (Å²) in [6.07, 6.45) is 2.73. The van der Waals surface area contributed by atoms with E-state index in [4.69, 9.17) is 19.5 Å². The van der Waals surface area contributed by atoms with Gasteiger partial charge in [-0.3, -0.25) is 9.78 Å². The molecule has 0 spiro atoms. The first-order chi connectivity index (χ1) is 18.2. The highest BCUT2D eigenvalue weighted by Crippen LogP contribution is 2.37. The van der Waals surface area contributed by atoms with Crippen molar-refractivity contribution in [3.63, 3.8) is 0 Å². The Morgan fingerprint density at radius 2 is 1.82 bits per heavy atom. The molecule has 0 fully saturated rings. The third-order valence-corrected chi connectivity index (χ3v) is 6.07. The fraction of sp³-hybridized carbons (Fsp3) is 0.310. The summed E-state index contributed by atoms with van der Waals surface area (Å²) in [5.41, 5.74) is 6.06. The quantitative estimate of drug-likeness (QED) is 0.291. The highest BCUT2D eigenvalue weighted by Gasteiger charge is 2.19. The van der Waals surface area contributed by atoms with Crippen molar-refractivity contribution in [2.24, 2.45) is 0 Å². The van der Waals surface area contributed by atoms with E-state index in [-0.39, 0.29) is 5.91 Å². The maximum atomic E-state index is 11.9. The largest absolute Gasteiger partial charge is 0.455 e. The molecule has 4 aromatic rings. The van der Waals surface area contributed by atoms with Crippen LogP contribution < -0.4 is 20.0 Å². The molecule has 0 aliphatic heterocycles. The van der Waals surface area contributed by atoms with Gasteiger partial charge >= 0.3 is 0 Å². The summed E-state index contributed by atoms with van der Waals surface area (Å²) in [7, 11) is 6.00. The number of anilines is 2. The number of hydrogen-bond donors (Lipinski definition) is 1. The minimum atomic E-state index is -0.213. The Morgan fingerprint density at radius 1 is 1.00 bits per heavy atom. The van der Waals surface area contributed by atoms with Crippen LogP contribution in [-0.4, -0.2) is 53.4 Å². The van der Waals surface area contributed by atoms with Gasteiger partial charge in [-0.15, -0.1) is 0 Å². The van der Waals surface area contributed by atoms with Crippen molar-refractivity contribution in [1.29, 1.82) is 0 Å². The number of aromatic nitrogens is 3. The van der Waals surface area contributed by atoms with Crippen LogP contribution in [0.4, 0.5) is 11.5 Å². The van der Waals surface area contributed by atoms with Crippen LogP contribution in [0.5, 0.6) is 17.2 Å². The average Bonchev–Trinajstić information content (AvgIpc) is 2.91. The van der Waals surface area contributed by atoms with Crippen molar-refractivity contribution >= 4 is 28.3 Å². The number of pyridine rings is 1.